The van der Waals surface area contributed by atoms with Crippen molar-refractivity contribution in [1.82, 2.24) is 4.72 Å². The van der Waals surface area contributed by atoms with Crippen LogP contribution >= 0.6 is 0 Å². The van der Waals surface area contributed by atoms with Crippen LogP contribution in [0, 0.1) is 11.6 Å². The summed E-state index contributed by atoms with van der Waals surface area (Å²) < 4.78 is 77.9. The molecule has 1 rings (SSSR count). The summed E-state index contributed by atoms with van der Waals surface area (Å²) in [5.41, 5.74) is -0.795. The zero-order valence-electron chi connectivity index (χ0n) is 11.0. The van der Waals surface area contributed by atoms with Crippen LogP contribution in [0.15, 0.2) is 18.2 Å². The third-order valence-electron chi connectivity index (χ3n) is 2.38. The topological polar surface area (TPSA) is 35.1 Å². The smallest absolute Gasteiger partial charge is 0.412 e. The van der Waals surface area contributed by atoms with Crippen molar-refractivity contribution in [3.8, 4) is 0 Å². The van der Waals surface area contributed by atoms with Crippen LogP contribution in [0.2, 0.25) is 0 Å². The number of nitrogens with one attached hydrogen (secondary N) is 1. The highest BCUT2D eigenvalue weighted by Gasteiger charge is 2.46. The van der Waals surface area contributed by atoms with Crippen LogP contribution in [0.25, 0.3) is 0 Å². The van der Waals surface area contributed by atoms with Gasteiger partial charge in [0, 0.05) is 23.0 Å². The van der Waals surface area contributed by atoms with E-state index < -0.39 is 45.5 Å². The number of alkyl halides is 3. The van der Waals surface area contributed by atoms with E-state index in [4.69, 9.17) is 0 Å². The van der Waals surface area contributed by atoms with Crippen molar-refractivity contribution in [3.05, 3.63) is 35.4 Å². The fourth-order valence-corrected chi connectivity index (χ4v) is 2.15. The summed E-state index contributed by atoms with van der Waals surface area (Å²) in [6.45, 7) is 4.43. The maximum Gasteiger partial charge on any atom is 0.412 e. The van der Waals surface area contributed by atoms with Gasteiger partial charge in [0.15, 0.2) is 6.04 Å². The van der Waals surface area contributed by atoms with Crippen molar-refractivity contribution in [2.75, 3.05) is 0 Å². The molecule has 1 N–H and O–H groups in total. The zero-order chi connectivity index (χ0) is 15.7. The first kappa shape index (κ1) is 17.2. The lowest BCUT2D eigenvalue weighted by Gasteiger charge is -2.29. The molecule has 0 aliphatic heterocycles. The summed E-state index contributed by atoms with van der Waals surface area (Å²) >= 11 is -2.06. The van der Waals surface area contributed by atoms with E-state index in [2.05, 4.69) is 0 Å². The van der Waals surface area contributed by atoms with Crippen molar-refractivity contribution in [1.29, 1.82) is 0 Å². The van der Waals surface area contributed by atoms with Crippen molar-refractivity contribution >= 4 is 11.4 Å². The first-order valence-corrected chi connectivity index (χ1v) is 6.77. The Morgan fingerprint density at radius 3 is 2.10 bits per heavy atom. The predicted octanol–water partition coefficient (Wildman–Crippen LogP) is 3.62. The molecular weight excluding hydrogens is 301 g/mol. The Morgan fingerprint density at radius 2 is 1.70 bits per heavy atom. The molecule has 0 aliphatic carbocycles. The Labute approximate surface area is 116 Å². The van der Waals surface area contributed by atoms with Gasteiger partial charge in [-0.05, 0) is 26.8 Å². The van der Waals surface area contributed by atoms with Crippen molar-refractivity contribution in [3.63, 3.8) is 0 Å². The van der Waals surface area contributed by atoms with E-state index >= 15 is 0 Å². The summed E-state index contributed by atoms with van der Waals surface area (Å²) in [5, 5.41) is 0. The van der Waals surface area contributed by atoms with Crippen LogP contribution < -0.4 is 4.72 Å². The lowest BCUT2D eigenvalue weighted by molar-refractivity contribution is -0.153. The Hall–Kier alpha value is -0.860. The van der Waals surface area contributed by atoms with Crippen LogP contribution in [0.5, 0.6) is 0 Å². The lowest BCUT2D eigenvalue weighted by Crippen LogP contribution is -2.46. The molecule has 0 heterocycles. The minimum Gasteiger partial charge on any atom is -0.598 e. The number of hydrogen-bond acceptors (Lipinski definition) is 2. The molecule has 20 heavy (non-hydrogen) atoms. The molecule has 0 aromatic heterocycles. The quantitative estimate of drug-likeness (QED) is 0.683. The highest BCUT2D eigenvalue weighted by atomic mass is 32.2. The molecule has 0 saturated carbocycles. The largest absolute Gasteiger partial charge is 0.598 e. The lowest BCUT2D eigenvalue weighted by atomic mass is 10.1. The van der Waals surface area contributed by atoms with Gasteiger partial charge in [-0.1, -0.05) is 6.07 Å². The fraction of sp³-hybridized carbons (Fsp3) is 0.500. The second-order valence-corrected chi connectivity index (χ2v) is 7.14. The third-order valence-corrected chi connectivity index (χ3v) is 3.94. The average Bonchev–Trinajstić information content (AvgIpc) is 2.23. The number of rotatable bonds is 3. The van der Waals surface area contributed by atoms with Gasteiger partial charge in [0.05, 0.1) is 0 Å². The highest BCUT2D eigenvalue weighted by molar-refractivity contribution is 7.90. The van der Waals surface area contributed by atoms with Crippen LogP contribution in [-0.2, 0) is 11.4 Å². The SMILES string of the molecule is CC(C)(C)[S+]([O-])N[C@@H](c1ccc(F)cc1F)C(F)(F)F. The first-order chi connectivity index (χ1) is 8.93. The Kier molecular flexibility index (Phi) is 5.04. The average molecular weight is 315 g/mol. The van der Waals surface area contributed by atoms with Crippen LogP contribution in [0.1, 0.15) is 32.4 Å². The van der Waals surface area contributed by atoms with Crippen LogP contribution in [0.3, 0.4) is 0 Å². The highest BCUT2D eigenvalue weighted by Crippen LogP contribution is 2.35. The van der Waals surface area contributed by atoms with Gasteiger partial charge in [0.25, 0.3) is 0 Å². The number of benzene rings is 1. The van der Waals surface area contributed by atoms with Crippen LogP contribution in [0.4, 0.5) is 22.0 Å². The van der Waals surface area contributed by atoms with Crippen molar-refractivity contribution in [2.45, 2.75) is 37.7 Å². The van der Waals surface area contributed by atoms with Gasteiger partial charge < -0.3 is 4.55 Å². The molecule has 0 amide bonds. The molecule has 8 heteroatoms. The van der Waals surface area contributed by atoms with E-state index in [9.17, 15) is 26.5 Å². The number of hydrogen-bond donors (Lipinski definition) is 1. The summed E-state index contributed by atoms with van der Waals surface area (Å²) in [5.74, 6) is -2.32. The maximum absolute atomic E-state index is 13.5. The molecule has 0 saturated heterocycles. The summed E-state index contributed by atoms with van der Waals surface area (Å²) in [7, 11) is 0. The summed E-state index contributed by atoms with van der Waals surface area (Å²) in [6.07, 6.45) is -4.86. The van der Waals surface area contributed by atoms with E-state index in [1.165, 1.54) is 20.8 Å². The van der Waals surface area contributed by atoms with Crippen LogP contribution in [-0.4, -0.2) is 15.5 Å². The Bertz CT molecular complexity index is 472. The minimum absolute atomic E-state index is 0.357. The Balaban J connectivity index is 3.14. The van der Waals surface area contributed by atoms with E-state index in [1.54, 1.807) is 0 Å². The molecule has 0 bridgehead atoms. The van der Waals surface area contributed by atoms with E-state index in [0.717, 1.165) is 6.07 Å². The number of halogens is 5. The molecule has 1 aromatic rings. The molecule has 2 nitrogen and oxygen atoms in total. The van der Waals surface area contributed by atoms with Gasteiger partial charge in [-0.2, -0.15) is 13.2 Å². The van der Waals surface area contributed by atoms with Gasteiger partial charge in [0.1, 0.15) is 16.4 Å². The Morgan fingerprint density at radius 1 is 1.15 bits per heavy atom. The van der Waals surface area contributed by atoms with Gasteiger partial charge in [0.2, 0.25) is 0 Å². The van der Waals surface area contributed by atoms with Gasteiger partial charge in [-0.3, -0.25) is 0 Å². The molecule has 1 aromatic carbocycles. The fourth-order valence-electron chi connectivity index (χ4n) is 1.33. The normalized spacial score (nSPS) is 16.1. The molecule has 0 radical (unpaired) electrons. The molecular formula is C12H14F5NOS. The van der Waals surface area contributed by atoms with Gasteiger partial charge in [-0.25, -0.2) is 8.78 Å². The molecule has 1 unspecified atom stereocenters. The molecule has 0 fully saturated rings. The third kappa shape index (κ3) is 4.32. The second-order valence-electron chi connectivity index (χ2n) is 5.14. The second kappa shape index (κ2) is 5.87. The molecule has 114 valence electrons. The van der Waals surface area contributed by atoms with Gasteiger partial charge in [-0.15, -0.1) is 4.72 Å². The van der Waals surface area contributed by atoms with Crippen molar-refractivity contribution in [2.24, 2.45) is 0 Å². The summed E-state index contributed by atoms with van der Waals surface area (Å²) in [6, 6.07) is -0.701. The zero-order valence-corrected chi connectivity index (χ0v) is 11.8. The molecule has 2 atom stereocenters. The van der Waals surface area contributed by atoms with E-state index in [-0.39, 0.29) is 0 Å². The summed E-state index contributed by atoms with van der Waals surface area (Å²) in [4.78, 5) is 0. The molecule has 0 spiro atoms. The maximum atomic E-state index is 13.5. The van der Waals surface area contributed by atoms with Crippen molar-refractivity contribution < 1.29 is 26.5 Å². The standard InChI is InChI=1S/C12H14F5NOS/c1-11(2,3)20(19)18-10(12(15,16)17)8-5-4-7(13)6-9(8)14/h4-6,10,18H,1-3H3/t10-,20?/m0/s1. The monoisotopic (exact) mass is 315 g/mol. The first-order valence-electron chi connectivity index (χ1n) is 5.62. The predicted molar refractivity (Wildman–Crippen MR) is 66.2 cm³/mol. The van der Waals surface area contributed by atoms with Gasteiger partial charge >= 0.3 is 6.18 Å². The van der Waals surface area contributed by atoms with E-state index in [0.29, 0.717) is 12.1 Å². The molecule has 0 aliphatic rings. The minimum atomic E-state index is -4.86. The van der Waals surface area contributed by atoms with E-state index in [1.807, 2.05) is 4.72 Å².